The summed E-state index contributed by atoms with van der Waals surface area (Å²) in [6, 6.07) is -0.537. The maximum absolute atomic E-state index is 12.6. The van der Waals surface area contributed by atoms with Gasteiger partial charge < -0.3 is 20.3 Å². The molecule has 0 heterocycles. The van der Waals surface area contributed by atoms with E-state index in [2.05, 4.69) is 19.2 Å². The molecule has 0 aliphatic heterocycles. The van der Waals surface area contributed by atoms with Gasteiger partial charge in [-0.2, -0.15) is 0 Å². The molecule has 562 valence electrons. The molecule has 0 aromatic heterocycles. The van der Waals surface area contributed by atoms with E-state index >= 15 is 0 Å². The van der Waals surface area contributed by atoms with Crippen molar-refractivity contribution in [1.82, 2.24) is 5.32 Å². The lowest BCUT2D eigenvalue weighted by atomic mass is 10.0. The number of amides is 1. The first-order valence-electron chi connectivity index (χ1n) is 44.3. The Morgan fingerprint density at radius 2 is 0.436 bits per heavy atom. The summed E-state index contributed by atoms with van der Waals surface area (Å²) in [4.78, 5) is 24.7. The second kappa shape index (κ2) is 84.3. The fourth-order valence-electron chi connectivity index (χ4n) is 14.7. The molecule has 2 atom stereocenters. The Balaban J connectivity index is 3.29. The Morgan fingerprint density at radius 3 is 0.649 bits per heavy atom. The molecule has 0 bridgehead atoms. The number of carbonyl (C=O) groups is 2. The van der Waals surface area contributed by atoms with Crippen molar-refractivity contribution in [3.63, 3.8) is 0 Å². The molecule has 0 spiro atoms. The van der Waals surface area contributed by atoms with Crippen molar-refractivity contribution >= 4 is 11.9 Å². The van der Waals surface area contributed by atoms with Crippen LogP contribution in [-0.4, -0.2) is 47.4 Å². The summed E-state index contributed by atoms with van der Waals surface area (Å²) in [5, 5.41) is 23.5. The van der Waals surface area contributed by atoms with Crippen LogP contribution in [-0.2, 0) is 14.3 Å². The average Bonchev–Trinajstić information content (AvgIpc) is 3.78. The molecule has 3 N–H and O–H groups in total. The zero-order chi connectivity index (χ0) is 67.7. The number of hydrogen-bond acceptors (Lipinski definition) is 5. The maximum atomic E-state index is 12.6. The molecule has 0 saturated carbocycles. The lowest BCUT2D eigenvalue weighted by molar-refractivity contribution is -0.143. The second-order valence-corrected chi connectivity index (χ2v) is 30.9. The lowest BCUT2D eigenvalue weighted by Crippen LogP contribution is -2.45. The van der Waals surface area contributed by atoms with E-state index in [1.165, 1.54) is 456 Å². The predicted octanol–water partition coefficient (Wildman–Crippen LogP) is 29.6. The molecule has 2 unspecified atom stereocenters. The van der Waals surface area contributed by atoms with Gasteiger partial charge in [0.1, 0.15) is 0 Å². The highest BCUT2D eigenvalue weighted by atomic mass is 16.5. The lowest BCUT2D eigenvalue weighted by Gasteiger charge is -2.22. The van der Waals surface area contributed by atoms with Crippen molar-refractivity contribution in [3.8, 4) is 0 Å². The smallest absolute Gasteiger partial charge is 0.305 e. The largest absolute Gasteiger partial charge is 0.466 e. The quantitative estimate of drug-likeness (QED) is 0.0417. The Hall–Kier alpha value is -1.14. The highest BCUT2D eigenvalue weighted by Gasteiger charge is 2.20. The van der Waals surface area contributed by atoms with E-state index in [-0.39, 0.29) is 18.5 Å². The number of carbonyl (C=O) groups excluding carboxylic acids is 2. The van der Waals surface area contributed by atoms with Gasteiger partial charge in [-0.25, -0.2) is 0 Å². The number of rotatable bonds is 85. The predicted molar refractivity (Wildman–Crippen MR) is 417 cm³/mol. The summed E-state index contributed by atoms with van der Waals surface area (Å²) in [7, 11) is 0. The molecule has 0 aromatic carbocycles. The number of esters is 1. The molecule has 0 aliphatic carbocycles. The normalized spacial score (nSPS) is 12.3. The average molecular weight is 1330 g/mol. The van der Waals surface area contributed by atoms with E-state index in [0.717, 1.165) is 38.5 Å². The van der Waals surface area contributed by atoms with Gasteiger partial charge >= 0.3 is 5.97 Å². The molecule has 0 fully saturated rings. The van der Waals surface area contributed by atoms with Crippen LogP contribution in [0.1, 0.15) is 528 Å². The van der Waals surface area contributed by atoms with Crippen molar-refractivity contribution in [2.75, 3.05) is 13.2 Å². The fraction of sp³-hybridized carbons (Fsp3) is 0.977. The highest BCUT2D eigenvalue weighted by molar-refractivity contribution is 5.76. The van der Waals surface area contributed by atoms with Crippen LogP contribution in [0.3, 0.4) is 0 Å². The molecule has 94 heavy (non-hydrogen) atoms. The van der Waals surface area contributed by atoms with Gasteiger partial charge in [0.05, 0.1) is 25.4 Å². The molecular weight excluding hydrogens is 1150 g/mol. The third-order valence-electron chi connectivity index (χ3n) is 21.4. The van der Waals surface area contributed by atoms with Gasteiger partial charge in [0.25, 0.3) is 0 Å². The number of unbranched alkanes of at least 4 members (excludes halogenated alkanes) is 74. The zero-order valence-electron chi connectivity index (χ0n) is 64.8. The van der Waals surface area contributed by atoms with Crippen LogP contribution in [0.4, 0.5) is 0 Å². The third kappa shape index (κ3) is 79.8. The molecule has 0 saturated heterocycles. The maximum Gasteiger partial charge on any atom is 0.305 e. The minimum absolute atomic E-state index is 0.0225. The van der Waals surface area contributed by atoms with Gasteiger partial charge in [0.2, 0.25) is 5.91 Å². The first-order valence-corrected chi connectivity index (χ1v) is 44.3. The molecule has 0 radical (unpaired) electrons. The number of ether oxygens (including phenoxy) is 1. The van der Waals surface area contributed by atoms with Crippen LogP contribution in [0.2, 0.25) is 0 Å². The minimum atomic E-state index is -0.661. The van der Waals surface area contributed by atoms with E-state index in [1.807, 2.05) is 0 Å². The molecule has 0 aliphatic rings. The Kier molecular flexibility index (Phi) is 83.3. The van der Waals surface area contributed by atoms with E-state index in [0.29, 0.717) is 25.9 Å². The first kappa shape index (κ1) is 92.9. The van der Waals surface area contributed by atoms with Gasteiger partial charge in [-0.15, -0.1) is 0 Å². The summed E-state index contributed by atoms with van der Waals surface area (Å²) in [6.07, 6.45) is 107. The minimum Gasteiger partial charge on any atom is -0.466 e. The summed E-state index contributed by atoms with van der Waals surface area (Å²) >= 11 is 0. The van der Waals surface area contributed by atoms with Crippen molar-refractivity contribution in [2.24, 2.45) is 0 Å². The molecule has 6 heteroatoms. The number of hydrogen-bond donors (Lipinski definition) is 3. The van der Waals surface area contributed by atoms with E-state index in [1.54, 1.807) is 0 Å². The summed E-state index contributed by atoms with van der Waals surface area (Å²) in [5.41, 5.74) is 0. The van der Waals surface area contributed by atoms with Crippen LogP contribution in [0.5, 0.6) is 0 Å². The molecule has 0 rings (SSSR count). The molecular formula is C88H175NO5. The van der Waals surface area contributed by atoms with Crippen molar-refractivity contribution in [3.05, 3.63) is 0 Å². The van der Waals surface area contributed by atoms with Gasteiger partial charge in [-0.1, -0.05) is 489 Å². The summed E-state index contributed by atoms with van der Waals surface area (Å²) in [5.74, 6) is 0.00711. The molecule has 6 nitrogen and oxygen atoms in total. The standard InChI is InChI=1S/C88H175NO5/c1-3-5-7-9-11-13-15-17-19-21-23-24-42-45-48-52-56-60-64-68-72-76-80-86(91)85(84-90)89-87(92)81-77-73-69-65-61-57-53-49-46-43-40-38-36-34-32-30-28-26-25-27-29-31-33-35-37-39-41-44-47-51-55-59-63-67-71-75-79-83-94-88(93)82-78-74-70-66-62-58-54-50-22-20-18-16-14-12-10-8-6-4-2/h85-86,90-91H,3-84H2,1-2H3,(H,89,92). The van der Waals surface area contributed by atoms with E-state index in [9.17, 15) is 19.8 Å². The zero-order valence-corrected chi connectivity index (χ0v) is 64.8. The van der Waals surface area contributed by atoms with Crippen LogP contribution in [0.25, 0.3) is 0 Å². The Labute approximate surface area is 591 Å². The van der Waals surface area contributed by atoms with Crippen molar-refractivity contribution in [2.45, 2.75) is 540 Å². The third-order valence-corrected chi connectivity index (χ3v) is 21.4. The first-order chi connectivity index (χ1) is 46.5. The van der Waals surface area contributed by atoms with Crippen LogP contribution >= 0.6 is 0 Å². The summed E-state index contributed by atoms with van der Waals surface area (Å²) in [6.45, 7) is 5.03. The van der Waals surface area contributed by atoms with Crippen LogP contribution in [0.15, 0.2) is 0 Å². The monoisotopic (exact) mass is 1330 g/mol. The number of aliphatic hydroxyl groups is 2. The highest BCUT2D eigenvalue weighted by Crippen LogP contribution is 2.22. The second-order valence-electron chi connectivity index (χ2n) is 30.9. The Morgan fingerprint density at radius 1 is 0.255 bits per heavy atom. The van der Waals surface area contributed by atoms with Gasteiger partial charge in [-0.05, 0) is 25.7 Å². The van der Waals surface area contributed by atoms with Crippen LogP contribution < -0.4 is 5.32 Å². The SMILES string of the molecule is CCCCCCCCCCCCCCCCCCCCCCCCC(O)C(CO)NC(=O)CCCCCCCCCCCCCCCCCCCCCCCCCCCCCCCCCCCCCCCOC(=O)CCCCCCCCCCCCCCCCCCCC. The molecule has 0 aromatic rings. The topological polar surface area (TPSA) is 95.9 Å². The van der Waals surface area contributed by atoms with E-state index < -0.39 is 12.1 Å². The summed E-state index contributed by atoms with van der Waals surface area (Å²) < 4.78 is 5.53. The van der Waals surface area contributed by atoms with Crippen molar-refractivity contribution < 1.29 is 24.5 Å². The van der Waals surface area contributed by atoms with Gasteiger partial charge in [0.15, 0.2) is 0 Å². The van der Waals surface area contributed by atoms with Gasteiger partial charge in [0, 0.05) is 12.8 Å². The van der Waals surface area contributed by atoms with Gasteiger partial charge in [-0.3, -0.25) is 9.59 Å². The Bertz CT molecular complexity index is 1390. The van der Waals surface area contributed by atoms with E-state index in [4.69, 9.17) is 4.74 Å². The van der Waals surface area contributed by atoms with Crippen molar-refractivity contribution in [1.29, 1.82) is 0 Å². The number of nitrogens with one attached hydrogen (secondary N) is 1. The number of aliphatic hydroxyl groups excluding tert-OH is 2. The molecule has 1 amide bonds. The van der Waals surface area contributed by atoms with Crippen LogP contribution in [0, 0.1) is 0 Å². The fourth-order valence-corrected chi connectivity index (χ4v) is 14.7.